The van der Waals surface area contributed by atoms with Gasteiger partial charge in [-0.1, -0.05) is 6.07 Å². The number of nitrogens with one attached hydrogen (secondary N) is 2. The van der Waals surface area contributed by atoms with Crippen LogP contribution in [0.5, 0.6) is 0 Å². The Kier molecular flexibility index (Phi) is 4.22. The van der Waals surface area contributed by atoms with E-state index in [9.17, 15) is 4.79 Å². The molecule has 1 amide bonds. The summed E-state index contributed by atoms with van der Waals surface area (Å²) in [6, 6.07) is 10.4. The fraction of sp³-hybridized carbons (Fsp3) is 0.304. The Morgan fingerprint density at radius 3 is 2.71 bits per heavy atom. The van der Waals surface area contributed by atoms with Gasteiger partial charge >= 0.3 is 0 Å². The van der Waals surface area contributed by atoms with E-state index in [0.717, 1.165) is 40.9 Å². The first-order valence-electron chi connectivity index (χ1n) is 10.8. The van der Waals surface area contributed by atoms with Crippen molar-refractivity contribution in [2.45, 2.75) is 31.7 Å². The zero-order valence-electron chi connectivity index (χ0n) is 17.1. The van der Waals surface area contributed by atoms with Crippen molar-refractivity contribution in [1.29, 1.82) is 0 Å². The van der Waals surface area contributed by atoms with Crippen LogP contribution in [0.15, 0.2) is 48.9 Å². The normalized spacial score (nSPS) is 16.2. The van der Waals surface area contributed by atoms with Crippen molar-refractivity contribution in [3.63, 3.8) is 0 Å². The van der Waals surface area contributed by atoms with E-state index in [4.69, 9.17) is 0 Å². The Morgan fingerprint density at radius 1 is 1.06 bits per heavy atom. The van der Waals surface area contributed by atoms with Gasteiger partial charge in [0.2, 0.25) is 0 Å². The predicted octanol–water partition coefficient (Wildman–Crippen LogP) is 4.01. The summed E-state index contributed by atoms with van der Waals surface area (Å²) in [6.07, 6.45) is 10.5. The topological polar surface area (TPSA) is 91.7 Å². The lowest BCUT2D eigenvalue weighted by Crippen LogP contribution is -2.19. The highest BCUT2D eigenvalue weighted by Gasteiger charge is 2.24. The summed E-state index contributed by atoms with van der Waals surface area (Å²) in [5.41, 5.74) is 3.92. The molecule has 0 unspecified atom stereocenters. The fourth-order valence-corrected chi connectivity index (χ4v) is 4.18. The molecule has 0 atom stereocenters. The monoisotopic (exact) mass is 413 g/mol. The van der Waals surface area contributed by atoms with Gasteiger partial charge in [-0.05, 0) is 55.5 Å². The number of anilines is 2. The van der Waals surface area contributed by atoms with E-state index in [-0.39, 0.29) is 5.91 Å². The minimum Gasteiger partial charge on any atom is -0.357 e. The number of aromatic amines is 1. The lowest BCUT2D eigenvalue weighted by Gasteiger charge is -2.16. The molecule has 156 valence electrons. The lowest BCUT2D eigenvalue weighted by molar-refractivity contribution is 0.102. The van der Waals surface area contributed by atoms with Gasteiger partial charge in [0.05, 0.1) is 29.6 Å². The molecule has 31 heavy (non-hydrogen) atoms. The van der Waals surface area contributed by atoms with Crippen LogP contribution in [0.25, 0.3) is 22.0 Å². The van der Waals surface area contributed by atoms with Crippen LogP contribution in [0.2, 0.25) is 0 Å². The van der Waals surface area contributed by atoms with Gasteiger partial charge in [-0.25, -0.2) is 4.98 Å². The van der Waals surface area contributed by atoms with Crippen LogP contribution in [0.4, 0.5) is 11.5 Å². The number of benzene rings is 1. The highest BCUT2D eigenvalue weighted by atomic mass is 16.1. The van der Waals surface area contributed by atoms with Gasteiger partial charge in [-0.15, -0.1) is 0 Å². The number of hydrogen-bond acceptors (Lipinski definition) is 5. The first kappa shape index (κ1) is 18.1. The maximum Gasteiger partial charge on any atom is 0.276 e. The van der Waals surface area contributed by atoms with Crippen LogP contribution in [0.3, 0.4) is 0 Å². The van der Waals surface area contributed by atoms with Crippen LogP contribution in [-0.2, 0) is 0 Å². The van der Waals surface area contributed by atoms with Gasteiger partial charge in [0.15, 0.2) is 5.69 Å². The average molecular weight is 413 g/mol. The number of fused-ring (bicyclic) bond motifs is 1. The van der Waals surface area contributed by atoms with E-state index in [1.807, 2.05) is 41.2 Å². The second-order valence-corrected chi connectivity index (χ2v) is 8.33. The molecule has 0 spiro atoms. The largest absolute Gasteiger partial charge is 0.357 e. The number of carbonyl (C=O) groups is 1. The molecule has 1 aliphatic heterocycles. The minimum absolute atomic E-state index is 0.257. The maximum atomic E-state index is 12.9. The van der Waals surface area contributed by atoms with E-state index in [2.05, 4.69) is 36.7 Å². The summed E-state index contributed by atoms with van der Waals surface area (Å²) in [5.74, 6) is 0.699. The second kappa shape index (κ2) is 7.23. The SMILES string of the molecule is O=C(Nc1ccc(N2CCCC2)nc1)c1n[nH]c2ccc(-c3cnn(C4CC4)c3)cc12. The van der Waals surface area contributed by atoms with Gasteiger partial charge in [0.1, 0.15) is 5.82 Å². The Balaban J connectivity index is 1.24. The fourth-order valence-electron chi connectivity index (χ4n) is 4.18. The van der Waals surface area contributed by atoms with Gasteiger partial charge < -0.3 is 10.2 Å². The molecule has 8 nitrogen and oxygen atoms in total. The molecule has 2 N–H and O–H groups in total. The molecule has 0 radical (unpaired) electrons. The highest BCUT2D eigenvalue weighted by Crippen LogP contribution is 2.35. The van der Waals surface area contributed by atoms with Gasteiger partial charge in [-0.2, -0.15) is 10.2 Å². The van der Waals surface area contributed by atoms with Gasteiger partial charge in [0, 0.05) is 30.2 Å². The van der Waals surface area contributed by atoms with Gasteiger partial charge in [-0.3, -0.25) is 14.6 Å². The molecule has 2 aliphatic rings. The third-order valence-electron chi connectivity index (χ3n) is 6.07. The van der Waals surface area contributed by atoms with Crippen molar-refractivity contribution in [2.75, 3.05) is 23.3 Å². The van der Waals surface area contributed by atoms with E-state index >= 15 is 0 Å². The van der Waals surface area contributed by atoms with Crippen molar-refractivity contribution in [1.82, 2.24) is 25.0 Å². The lowest BCUT2D eigenvalue weighted by atomic mass is 10.1. The van der Waals surface area contributed by atoms with E-state index in [0.29, 0.717) is 17.4 Å². The third kappa shape index (κ3) is 3.43. The molecule has 4 aromatic rings. The van der Waals surface area contributed by atoms with Crippen LogP contribution in [-0.4, -0.2) is 44.0 Å². The van der Waals surface area contributed by atoms with Crippen molar-refractivity contribution >= 4 is 28.3 Å². The molecule has 1 saturated carbocycles. The Labute approximate surface area is 179 Å². The predicted molar refractivity (Wildman–Crippen MR) is 119 cm³/mol. The first-order valence-corrected chi connectivity index (χ1v) is 10.8. The second-order valence-electron chi connectivity index (χ2n) is 8.33. The Morgan fingerprint density at radius 2 is 1.94 bits per heavy atom. The average Bonchev–Trinajstić information content (AvgIpc) is 3.21. The third-order valence-corrected chi connectivity index (χ3v) is 6.07. The summed E-state index contributed by atoms with van der Waals surface area (Å²) in [4.78, 5) is 19.7. The molecule has 1 saturated heterocycles. The summed E-state index contributed by atoms with van der Waals surface area (Å²) in [7, 11) is 0. The molecular weight excluding hydrogens is 390 g/mol. The van der Waals surface area contributed by atoms with Crippen LogP contribution in [0.1, 0.15) is 42.2 Å². The highest BCUT2D eigenvalue weighted by molar-refractivity contribution is 6.11. The number of amides is 1. The van der Waals surface area contributed by atoms with E-state index in [1.165, 1.54) is 25.7 Å². The number of carbonyl (C=O) groups excluding carboxylic acids is 1. The van der Waals surface area contributed by atoms with E-state index < -0.39 is 0 Å². The quantitative estimate of drug-likeness (QED) is 0.516. The molecular formula is C23H23N7O. The molecule has 2 fully saturated rings. The van der Waals surface area contributed by atoms with Crippen molar-refractivity contribution < 1.29 is 4.79 Å². The van der Waals surface area contributed by atoms with Gasteiger partial charge in [0.25, 0.3) is 5.91 Å². The van der Waals surface area contributed by atoms with E-state index in [1.54, 1.807) is 6.20 Å². The Hall–Kier alpha value is -3.68. The number of hydrogen-bond donors (Lipinski definition) is 2. The smallest absolute Gasteiger partial charge is 0.276 e. The molecule has 1 aromatic carbocycles. The summed E-state index contributed by atoms with van der Waals surface area (Å²) < 4.78 is 2.03. The molecule has 1 aliphatic carbocycles. The number of rotatable bonds is 5. The van der Waals surface area contributed by atoms with Crippen molar-refractivity contribution in [2.24, 2.45) is 0 Å². The number of pyridine rings is 1. The molecule has 0 bridgehead atoms. The van der Waals surface area contributed by atoms with Crippen LogP contribution in [0, 0.1) is 0 Å². The summed E-state index contributed by atoms with van der Waals surface area (Å²) in [5, 5.41) is 15.4. The van der Waals surface area contributed by atoms with Crippen molar-refractivity contribution in [3.05, 3.63) is 54.6 Å². The first-order chi connectivity index (χ1) is 15.2. The van der Waals surface area contributed by atoms with Crippen LogP contribution < -0.4 is 10.2 Å². The Bertz CT molecular complexity index is 1250. The zero-order valence-corrected chi connectivity index (χ0v) is 17.1. The number of aromatic nitrogens is 5. The summed E-state index contributed by atoms with van der Waals surface area (Å²) in [6.45, 7) is 2.08. The zero-order chi connectivity index (χ0) is 20.8. The van der Waals surface area contributed by atoms with Crippen molar-refractivity contribution in [3.8, 4) is 11.1 Å². The summed E-state index contributed by atoms with van der Waals surface area (Å²) >= 11 is 0. The van der Waals surface area contributed by atoms with Crippen LogP contribution >= 0.6 is 0 Å². The molecule has 4 heterocycles. The maximum absolute atomic E-state index is 12.9. The number of H-pyrrole nitrogens is 1. The molecule has 6 rings (SSSR count). The standard InChI is InChI=1S/C23H23N7O/c31-23(26-17-4-8-21(24-13-17)29-9-1-2-10-29)22-19-11-15(3-7-20(19)27-28-22)16-12-25-30(14-16)18-5-6-18/h3-4,7-8,11-14,18H,1-2,5-6,9-10H2,(H,26,31)(H,27,28). The minimum atomic E-state index is -0.257. The number of nitrogens with zero attached hydrogens (tertiary/aromatic N) is 5. The molecule has 3 aromatic heterocycles. The molecule has 8 heteroatoms.